The van der Waals surface area contributed by atoms with Crippen LogP contribution >= 0.6 is 0 Å². The Hall–Kier alpha value is -1.06. The molecule has 1 heterocycles. The first-order valence-electron chi connectivity index (χ1n) is 6.39. The van der Waals surface area contributed by atoms with Crippen molar-refractivity contribution in [2.24, 2.45) is 5.92 Å². The Bertz CT molecular complexity index is 335. The SMILES string of the molecule is OCCC1CCCN(Cc2ccc(O)cc2)C1. The minimum atomic E-state index is 0.303. The predicted octanol–water partition coefficient (Wildman–Crippen LogP) is 1.99. The van der Waals surface area contributed by atoms with Crippen LogP contribution in [0.15, 0.2) is 24.3 Å². The topological polar surface area (TPSA) is 43.7 Å². The van der Waals surface area contributed by atoms with E-state index in [0.717, 1.165) is 26.1 Å². The summed E-state index contributed by atoms with van der Waals surface area (Å²) in [6.45, 7) is 3.48. The number of rotatable bonds is 4. The van der Waals surface area contributed by atoms with Crippen molar-refractivity contribution in [1.29, 1.82) is 0 Å². The Kier molecular flexibility index (Phi) is 4.40. The highest BCUT2D eigenvalue weighted by atomic mass is 16.3. The molecule has 17 heavy (non-hydrogen) atoms. The first-order valence-corrected chi connectivity index (χ1v) is 6.39. The fourth-order valence-electron chi connectivity index (χ4n) is 2.57. The molecule has 3 nitrogen and oxygen atoms in total. The first-order chi connectivity index (χ1) is 8.28. The number of nitrogens with zero attached hydrogens (tertiary/aromatic N) is 1. The van der Waals surface area contributed by atoms with Gasteiger partial charge in [-0.1, -0.05) is 12.1 Å². The van der Waals surface area contributed by atoms with Crippen LogP contribution in [-0.4, -0.2) is 34.8 Å². The monoisotopic (exact) mass is 235 g/mol. The second-order valence-electron chi connectivity index (χ2n) is 4.92. The Labute approximate surface area is 103 Å². The number of phenols is 1. The number of benzene rings is 1. The van der Waals surface area contributed by atoms with Gasteiger partial charge in [-0.25, -0.2) is 0 Å². The highest BCUT2D eigenvalue weighted by molar-refractivity contribution is 5.25. The second-order valence-corrected chi connectivity index (χ2v) is 4.92. The van der Waals surface area contributed by atoms with Crippen LogP contribution in [0.1, 0.15) is 24.8 Å². The summed E-state index contributed by atoms with van der Waals surface area (Å²) in [6, 6.07) is 7.44. The molecule has 1 unspecified atom stereocenters. The van der Waals surface area contributed by atoms with Crippen LogP contribution in [0.3, 0.4) is 0 Å². The van der Waals surface area contributed by atoms with Crippen LogP contribution in [0.25, 0.3) is 0 Å². The van der Waals surface area contributed by atoms with E-state index in [-0.39, 0.29) is 0 Å². The smallest absolute Gasteiger partial charge is 0.115 e. The maximum atomic E-state index is 9.23. The van der Waals surface area contributed by atoms with Crippen LogP contribution in [0.2, 0.25) is 0 Å². The molecule has 94 valence electrons. The van der Waals surface area contributed by atoms with E-state index >= 15 is 0 Å². The second kappa shape index (κ2) is 6.03. The van der Waals surface area contributed by atoms with Gasteiger partial charge in [0.05, 0.1) is 0 Å². The van der Waals surface area contributed by atoms with E-state index in [1.54, 1.807) is 12.1 Å². The minimum Gasteiger partial charge on any atom is -0.508 e. The number of hydrogen-bond acceptors (Lipinski definition) is 3. The quantitative estimate of drug-likeness (QED) is 0.838. The molecule has 3 heteroatoms. The molecular formula is C14H21NO2. The van der Waals surface area contributed by atoms with Gasteiger partial charge in [0.2, 0.25) is 0 Å². The van der Waals surface area contributed by atoms with Crippen molar-refractivity contribution in [3.05, 3.63) is 29.8 Å². The van der Waals surface area contributed by atoms with Crippen molar-refractivity contribution >= 4 is 0 Å². The molecule has 0 spiro atoms. The molecule has 1 atom stereocenters. The third-order valence-electron chi connectivity index (χ3n) is 3.48. The molecular weight excluding hydrogens is 214 g/mol. The lowest BCUT2D eigenvalue weighted by Gasteiger charge is -2.32. The number of phenolic OH excluding ortho intramolecular Hbond substituents is 1. The average Bonchev–Trinajstić information content (AvgIpc) is 2.33. The number of likely N-dealkylation sites (tertiary alicyclic amines) is 1. The number of aliphatic hydroxyl groups excluding tert-OH is 1. The van der Waals surface area contributed by atoms with E-state index < -0.39 is 0 Å². The molecule has 1 aliphatic heterocycles. The zero-order valence-corrected chi connectivity index (χ0v) is 10.2. The van der Waals surface area contributed by atoms with E-state index in [9.17, 15) is 5.11 Å². The fraction of sp³-hybridized carbons (Fsp3) is 0.571. The first kappa shape index (κ1) is 12.4. The van der Waals surface area contributed by atoms with Gasteiger partial charge in [0.25, 0.3) is 0 Å². The maximum Gasteiger partial charge on any atom is 0.115 e. The average molecular weight is 235 g/mol. The lowest BCUT2D eigenvalue weighted by atomic mass is 9.95. The molecule has 0 amide bonds. The van der Waals surface area contributed by atoms with Gasteiger partial charge in [0.1, 0.15) is 5.75 Å². The molecule has 1 aromatic carbocycles. The van der Waals surface area contributed by atoms with Crippen LogP contribution in [0.5, 0.6) is 5.75 Å². The van der Waals surface area contributed by atoms with Crippen molar-refractivity contribution in [3.8, 4) is 5.75 Å². The zero-order valence-electron chi connectivity index (χ0n) is 10.2. The summed E-state index contributed by atoms with van der Waals surface area (Å²) in [7, 11) is 0. The van der Waals surface area contributed by atoms with Crippen LogP contribution in [0.4, 0.5) is 0 Å². The van der Waals surface area contributed by atoms with Gasteiger partial charge in [-0.05, 0) is 49.4 Å². The third kappa shape index (κ3) is 3.72. The summed E-state index contributed by atoms with van der Waals surface area (Å²) in [5.41, 5.74) is 1.24. The molecule has 2 N–H and O–H groups in total. The highest BCUT2D eigenvalue weighted by Gasteiger charge is 2.19. The van der Waals surface area contributed by atoms with Crippen LogP contribution in [-0.2, 0) is 6.54 Å². The van der Waals surface area contributed by atoms with Gasteiger partial charge in [-0.15, -0.1) is 0 Å². The van der Waals surface area contributed by atoms with Crippen molar-refractivity contribution in [1.82, 2.24) is 4.90 Å². The summed E-state index contributed by atoms with van der Waals surface area (Å²) in [4.78, 5) is 2.44. The lowest BCUT2D eigenvalue weighted by Crippen LogP contribution is -2.35. The largest absolute Gasteiger partial charge is 0.508 e. The molecule has 1 fully saturated rings. The lowest BCUT2D eigenvalue weighted by molar-refractivity contribution is 0.142. The number of aliphatic hydroxyl groups is 1. The fourth-order valence-corrected chi connectivity index (χ4v) is 2.57. The highest BCUT2D eigenvalue weighted by Crippen LogP contribution is 2.21. The Morgan fingerprint density at radius 3 is 2.71 bits per heavy atom. The van der Waals surface area contributed by atoms with E-state index in [0.29, 0.717) is 18.3 Å². The molecule has 1 aliphatic rings. The maximum absolute atomic E-state index is 9.23. The van der Waals surface area contributed by atoms with Gasteiger partial charge < -0.3 is 10.2 Å². The Balaban J connectivity index is 1.87. The summed E-state index contributed by atoms with van der Waals surface area (Å²) in [5.74, 6) is 0.969. The van der Waals surface area contributed by atoms with E-state index in [4.69, 9.17) is 5.11 Å². The standard InChI is InChI=1S/C14H21NO2/c16-9-7-12-2-1-8-15(10-12)11-13-3-5-14(17)6-4-13/h3-6,12,16-17H,1-2,7-11H2. The molecule has 0 radical (unpaired) electrons. The molecule has 0 aromatic heterocycles. The predicted molar refractivity (Wildman–Crippen MR) is 67.8 cm³/mol. The summed E-state index contributed by atoms with van der Waals surface area (Å²) in [6.07, 6.45) is 3.39. The van der Waals surface area contributed by atoms with Gasteiger partial charge in [0.15, 0.2) is 0 Å². The Morgan fingerprint density at radius 1 is 1.24 bits per heavy atom. The van der Waals surface area contributed by atoms with Gasteiger partial charge in [0, 0.05) is 19.7 Å². The van der Waals surface area contributed by atoms with Gasteiger partial charge in [-0.3, -0.25) is 4.90 Å². The third-order valence-corrected chi connectivity index (χ3v) is 3.48. The van der Waals surface area contributed by atoms with E-state index in [2.05, 4.69) is 4.90 Å². The van der Waals surface area contributed by atoms with Crippen molar-refractivity contribution in [2.75, 3.05) is 19.7 Å². The van der Waals surface area contributed by atoms with Crippen molar-refractivity contribution in [2.45, 2.75) is 25.8 Å². The number of hydrogen-bond donors (Lipinski definition) is 2. The molecule has 0 aliphatic carbocycles. The van der Waals surface area contributed by atoms with Crippen molar-refractivity contribution in [3.63, 3.8) is 0 Å². The normalized spacial score (nSPS) is 21.6. The zero-order chi connectivity index (χ0) is 12.1. The van der Waals surface area contributed by atoms with Gasteiger partial charge in [-0.2, -0.15) is 0 Å². The van der Waals surface area contributed by atoms with Crippen LogP contribution < -0.4 is 0 Å². The van der Waals surface area contributed by atoms with Gasteiger partial charge >= 0.3 is 0 Å². The molecule has 1 aromatic rings. The molecule has 0 saturated carbocycles. The number of piperidine rings is 1. The molecule has 0 bridgehead atoms. The summed E-state index contributed by atoms with van der Waals surface area (Å²) < 4.78 is 0. The molecule has 1 saturated heterocycles. The van der Waals surface area contributed by atoms with E-state index in [1.165, 1.54) is 18.4 Å². The van der Waals surface area contributed by atoms with Crippen LogP contribution in [0, 0.1) is 5.92 Å². The van der Waals surface area contributed by atoms with E-state index in [1.807, 2.05) is 12.1 Å². The van der Waals surface area contributed by atoms with Crippen molar-refractivity contribution < 1.29 is 10.2 Å². The Morgan fingerprint density at radius 2 is 2.00 bits per heavy atom. The summed E-state index contributed by atoms with van der Waals surface area (Å²) >= 11 is 0. The molecule has 2 rings (SSSR count). The summed E-state index contributed by atoms with van der Waals surface area (Å²) in [5, 5.41) is 18.2. The minimum absolute atomic E-state index is 0.303. The number of aromatic hydroxyl groups is 1.